The van der Waals surface area contributed by atoms with Crippen molar-refractivity contribution in [1.82, 2.24) is 20.0 Å². The van der Waals surface area contributed by atoms with Crippen molar-refractivity contribution in [1.29, 1.82) is 0 Å². The molecule has 0 aliphatic carbocycles. The molecule has 0 aromatic heterocycles. The number of aryl methyl sites for hydroxylation is 1. The van der Waals surface area contributed by atoms with Crippen molar-refractivity contribution in [3.8, 4) is 11.5 Å². The Bertz CT molecular complexity index is 1950. The minimum atomic E-state index is -0.611. The first-order valence-corrected chi connectivity index (χ1v) is 23.4. The molecule has 3 saturated heterocycles. The Hall–Kier alpha value is -4.39. The third kappa shape index (κ3) is 11.7. The van der Waals surface area contributed by atoms with Gasteiger partial charge in [0.2, 0.25) is 11.8 Å². The molecule has 4 heterocycles. The van der Waals surface area contributed by atoms with Gasteiger partial charge in [-0.2, -0.15) is 0 Å². The van der Waals surface area contributed by atoms with Crippen LogP contribution in [0.3, 0.4) is 0 Å². The van der Waals surface area contributed by atoms with Gasteiger partial charge in [0.25, 0.3) is 11.8 Å². The number of nitrogens with one attached hydrogen (secondary N) is 1. The van der Waals surface area contributed by atoms with E-state index in [1.165, 1.54) is 62.1 Å². The minimum Gasteiger partial charge on any atom is -0.493 e. The lowest BCUT2D eigenvalue weighted by molar-refractivity contribution is -0.134. The van der Waals surface area contributed by atoms with Crippen molar-refractivity contribution in [2.45, 2.75) is 102 Å². The smallest absolute Gasteiger partial charge is 0.261 e. The predicted molar refractivity (Wildman–Crippen MR) is 232 cm³/mol. The molecule has 4 aliphatic heterocycles. The fourth-order valence-electron chi connectivity index (χ4n) is 9.04. The fourth-order valence-corrected chi connectivity index (χ4v) is 9.04. The molecule has 0 saturated carbocycles. The quantitative estimate of drug-likeness (QED) is 0.129. The molecule has 4 aliphatic rings. The fraction of sp³-hybridized carbons (Fsp3) is 0.532. The largest absolute Gasteiger partial charge is 0.493 e. The van der Waals surface area contributed by atoms with E-state index in [9.17, 15) is 23.4 Å². The average Bonchev–Trinajstić information content (AvgIpc) is 3.46. The van der Waals surface area contributed by atoms with Gasteiger partial charge >= 0.3 is 0 Å². The van der Waals surface area contributed by atoms with Gasteiger partial charge in [0.1, 0.15) is 0 Å². The molecule has 4 amide bonds. The van der Waals surface area contributed by atoms with Crippen LogP contribution in [0.5, 0.6) is 11.5 Å². The maximum Gasteiger partial charge on any atom is 0.261 e. The first-order chi connectivity index (χ1) is 28.5. The number of nitrogens with zero attached hydrogens (tertiary/aromatic N) is 3. The number of unbranched alkanes of at least 4 members (excludes halogenated alkanes) is 3. The Labute approximate surface area is 352 Å². The number of rotatable bonds is 15. The van der Waals surface area contributed by atoms with E-state index in [2.05, 4.69) is 39.4 Å². The van der Waals surface area contributed by atoms with E-state index in [1.54, 1.807) is 19.6 Å². The summed E-state index contributed by atoms with van der Waals surface area (Å²) >= 11 is 0. The van der Waals surface area contributed by atoms with Crippen LogP contribution in [0.4, 0.5) is 0 Å². The second kappa shape index (κ2) is 21.2. The van der Waals surface area contributed by atoms with Crippen molar-refractivity contribution < 1.29 is 32.9 Å². The summed E-state index contributed by atoms with van der Waals surface area (Å²) in [7, 11) is 0.980. The Kier molecular flexibility index (Phi) is 15.9. The highest BCUT2D eigenvalue weighted by Crippen LogP contribution is 2.34. The van der Waals surface area contributed by atoms with Crippen LogP contribution in [-0.2, 0) is 33.4 Å². The van der Waals surface area contributed by atoms with Gasteiger partial charge in [-0.3, -0.25) is 33.6 Å². The van der Waals surface area contributed by atoms with Crippen molar-refractivity contribution in [2.24, 2.45) is 0 Å². The molecule has 59 heavy (non-hydrogen) atoms. The average molecular weight is 827 g/mol. The summed E-state index contributed by atoms with van der Waals surface area (Å²) in [5.41, 5.74) is 5.30. The van der Waals surface area contributed by atoms with E-state index in [0.717, 1.165) is 55.6 Å². The molecule has 0 bridgehead atoms. The van der Waals surface area contributed by atoms with Gasteiger partial charge < -0.3 is 19.3 Å². The number of likely N-dealkylation sites (tertiary alicyclic amines) is 2. The molecular weight excluding hydrogens is 765 g/mol. The van der Waals surface area contributed by atoms with Gasteiger partial charge in [0.05, 0.1) is 37.3 Å². The molecule has 0 radical (unpaired) electrons. The Morgan fingerprint density at radius 2 is 1.39 bits per heavy atom. The van der Waals surface area contributed by atoms with Gasteiger partial charge in [-0.05, 0) is 143 Å². The van der Waals surface area contributed by atoms with Crippen molar-refractivity contribution >= 4 is 34.4 Å². The number of benzene rings is 3. The van der Waals surface area contributed by atoms with Gasteiger partial charge in [0, 0.05) is 35.8 Å². The van der Waals surface area contributed by atoms with Crippen molar-refractivity contribution in [3.63, 3.8) is 0 Å². The lowest BCUT2D eigenvalue weighted by atomic mass is 9.85. The standard InChI is InChI=1S/C45H56N4O6.C2H6OS/c1-3-55-41-29-32(10-17-40(41)54-2)30-49-44(52)38-15-9-31(28-39(38)45(49)53)8-6-4-5-7-23-47-24-21-36(22-25-47)48-26-19-34(20-27-48)33-11-13-35(14-12-33)37-16-18-42(50)46-43(37)51;1-4(2)3/h9-15,17,28-29,34,36-37H,3-8,16,18-27,30H2,1-2H3,(H,46,50,51);1-2H3. The predicted octanol–water partition coefficient (Wildman–Crippen LogP) is 6.85. The second-order valence-corrected chi connectivity index (χ2v) is 17.9. The molecular formula is C47H62N4O7S. The highest BCUT2D eigenvalue weighted by Gasteiger charge is 2.36. The van der Waals surface area contributed by atoms with E-state index in [-0.39, 0.29) is 36.1 Å². The summed E-state index contributed by atoms with van der Waals surface area (Å²) < 4.78 is 20.6. The van der Waals surface area contributed by atoms with Crippen molar-refractivity contribution in [3.05, 3.63) is 94.0 Å². The zero-order chi connectivity index (χ0) is 41.9. The Morgan fingerprint density at radius 3 is 2.07 bits per heavy atom. The van der Waals surface area contributed by atoms with Crippen LogP contribution in [0.2, 0.25) is 0 Å². The van der Waals surface area contributed by atoms with Crippen LogP contribution in [0, 0.1) is 0 Å². The zero-order valence-corrected chi connectivity index (χ0v) is 36.2. The summed E-state index contributed by atoms with van der Waals surface area (Å²) in [4.78, 5) is 57.0. The number of carbonyl (C=O) groups is 4. The summed E-state index contributed by atoms with van der Waals surface area (Å²) in [5, 5.41) is 2.48. The van der Waals surface area contributed by atoms with Gasteiger partial charge in [0.15, 0.2) is 11.5 Å². The first-order valence-electron chi connectivity index (χ1n) is 21.5. The highest BCUT2D eigenvalue weighted by molar-refractivity contribution is 7.83. The van der Waals surface area contributed by atoms with Crippen LogP contribution in [0.15, 0.2) is 60.7 Å². The van der Waals surface area contributed by atoms with E-state index in [0.29, 0.717) is 54.0 Å². The molecule has 1 atom stereocenters. The maximum atomic E-state index is 13.3. The normalized spacial score (nSPS) is 19.4. The minimum absolute atomic E-state index is 0.166. The molecule has 3 aromatic carbocycles. The molecule has 0 spiro atoms. The molecule has 3 fully saturated rings. The van der Waals surface area contributed by atoms with E-state index < -0.39 is 10.8 Å². The van der Waals surface area contributed by atoms with Gasteiger partial charge in [-0.1, -0.05) is 49.2 Å². The van der Waals surface area contributed by atoms with Crippen LogP contribution >= 0.6 is 0 Å². The topological polar surface area (TPSA) is 126 Å². The molecule has 3 aromatic rings. The number of piperidine rings is 3. The number of ether oxygens (including phenoxy) is 2. The monoisotopic (exact) mass is 826 g/mol. The number of hydrogen-bond acceptors (Lipinski definition) is 9. The number of hydrogen-bond donors (Lipinski definition) is 1. The van der Waals surface area contributed by atoms with E-state index >= 15 is 0 Å². The van der Waals surface area contributed by atoms with Crippen molar-refractivity contribution in [2.75, 3.05) is 59.0 Å². The van der Waals surface area contributed by atoms with Crippen LogP contribution in [0.1, 0.15) is 126 Å². The highest BCUT2D eigenvalue weighted by atomic mass is 32.2. The Morgan fingerprint density at radius 1 is 0.729 bits per heavy atom. The first kappa shape index (κ1) is 44.2. The van der Waals surface area contributed by atoms with Crippen LogP contribution < -0.4 is 14.8 Å². The molecule has 12 heteroatoms. The summed E-state index contributed by atoms with van der Waals surface area (Å²) in [6.45, 7) is 8.40. The third-order valence-electron chi connectivity index (χ3n) is 12.2. The summed E-state index contributed by atoms with van der Waals surface area (Å²) in [5.74, 6) is 0.757. The number of methoxy groups -OCH3 is 1. The summed E-state index contributed by atoms with van der Waals surface area (Å²) in [6.07, 6.45) is 14.7. The second-order valence-electron chi connectivity index (χ2n) is 16.5. The van der Waals surface area contributed by atoms with Crippen LogP contribution in [-0.4, -0.2) is 108 Å². The zero-order valence-electron chi connectivity index (χ0n) is 35.3. The number of imide groups is 2. The Balaban J connectivity index is 0.00000140. The van der Waals surface area contributed by atoms with Gasteiger partial charge in [-0.25, -0.2) is 0 Å². The number of fused-ring (bicyclic) bond motifs is 1. The number of amides is 4. The van der Waals surface area contributed by atoms with Gasteiger partial charge in [-0.15, -0.1) is 0 Å². The lowest BCUT2D eigenvalue weighted by Crippen LogP contribution is -2.47. The molecule has 11 nitrogen and oxygen atoms in total. The van der Waals surface area contributed by atoms with E-state index in [1.807, 2.05) is 43.3 Å². The van der Waals surface area contributed by atoms with E-state index in [4.69, 9.17) is 9.47 Å². The SMILES string of the molecule is CCOc1cc(CN2C(=O)c3ccc(CCCCCCN4CCC(N5CCC(c6ccc(C7CCC(=O)NC7=O)cc6)CC5)CC4)cc3C2=O)ccc1OC.CS(C)=O. The van der Waals surface area contributed by atoms with Crippen LogP contribution in [0.25, 0.3) is 0 Å². The summed E-state index contributed by atoms with van der Waals surface area (Å²) in [6, 6.07) is 20.5. The third-order valence-corrected chi connectivity index (χ3v) is 12.2. The number of carbonyl (C=O) groups excluding carboxylic acids is 4. The molecule has 7 rings (SSSR count). The molecule has 1 N–H and O–H groups in total. The lowest BCUT2D eigenvalue weighted by Gasteiger charge is -2.42. The molecule has 1 unspecified atom stereocenters. The molecule has 318 valence electrons. The maximum absolute atomic E-state index is 13.3.